The molecule has 1 aliphatic rings. The summed E-state index contributed by atoms with van der Waals surface area (Å²) < 4.78 is 7.55. The van der Waals surface area contributed by atoms with Gasteiger partial charge in [-0.2, -0.15) is 5.10 Å². The van der Waals surface area contributed by atoms with Gasteiger partial charge in [-0.15, -0.1) is 11.3 Å². The van der Waals surface area contributed by atoms with E-state index < -0.39 is 0 Å². The first-order valence-electron chi connectivity index (χ1n) is 7.86. The predicted octanol–water partition coefficient (Wildman–Crippen LogP) is 2.18. The summed E-state index contributed by atoms with van der Waals surface area (Å²) in [6.07, 6.45) is 4.15. The van der Waals surface area contributed by atoms with Gasteiger partial charge in [0.25, 0.3) is 0 Å². The lowest BCUT2D eigenvalue weighted by Crippen LogP contribution is -2.35. The summed E-state index contributed by atoms with van der Waals surface area (Å²) >= 11 is 1.68. The van der Waals surface area contributed by atoms with Crippen molar-refractivity contribution < 1.29 is 9.53 Å². The van der Waals surface area contributed by atoms with Crippen LogP contribution < -0.4 is 5.32 Å². The topological polar surface area (TPSA) is 69.0 Å². The number of aryl methyl sites for hydroxylation is 2. The number of hydrogen-bond donors (Lipinski definition) is 1. The molecule has 7 heteroatoms. The van der Waals surface area contributed by atoms with Gasteiger partial charge >= 0.3 is 0 Å². The lowest BCUT2D eigenvalue weighted by atomic mass is 9.97. The highest BCUT2D eigenvalue weighted by molar-refractivity contribution is 7.11. The summed E-state index contributed by atoms with van der Waals surface area (Å²) in [5.41, 5.74) is 0.950. The number of thiazole rings is 1. The zero-order chi connectivity index (χ0) is 16.4. The van der Waals surface area contributed by atoms with E-state index in [2.05, 4.69) is 22.3 Å². The molecule has 1 N–H and O–H groups in total. The number of amides is 1. The van der Waals surface area contributed by atoms with Crippen molar-refractivity contribution >= 4 is 17.2 Å². The fraction of sp³-hybridized carbons (Fsp3) is 0.562. The Labute approximate surface area is 139 Å². The van der Waals surface area contributed by atoms with Crippen LogP contribution >= 0.6 is 11.3 Å². The average molecular weight is 334 g/mol. The molecule has 0 spiro atoms. The largest absolute Gasteiger partial charge is 0.371 e. The molecule has 1 fully saturated rings. The molecule has 0 aromatic carbocycles. The van der Waals surface area contributed by atoms with Crippen LogP contribution in [0, 0.1) is 12.8 Å². The second-order valence-electron chi connectivity index (χ2n) is 6.02. The minimum absolute atomic E-state index is 0.0498. The van der Waals surface area contributed by atoms with Crippen LogP contribution in [0.15, 0.2) is 18.5 Å². The second kappa shape index (κ2) is 6.80. The molecular weight excluding hydrogens is 312 g/mol. The number of carbonyl (C=O) groups excluding carboxylic acids is 1. The second-order valence-corrected chi connectivity index (χ2v) is 7.29. The summed E-state index contributed by atoms with van der Waals surface area (Å²) in [6, 6.07) is 1.91. The van der Waals surface area contributed by atoms with Gasteiger partial charge in [-0.05, 0) is 19.4 Å². The van der Waals surface area contributed by atoms with Crippen LogP contribution in [0.2, 0.25) is 0 Å². The van der Waals surface area contributed by atoms with Gasteiger partial charge in [0, 0.05) is 43.4 Å². The van der Waals surface area contributed by atoms with Gasteiger partial charge in [0.05, 0.1) is 16.6 Å². The third-order valence-corrected chi connectivity index (χ3v) is 5.37. The number of nitrogens with one attached hydrogen (secondary N) is 1. The maximum absolute atomic E-state index is 12.6. The molecule has 1 aliphatic heterocycles. The molecule has 0 radical (unpaired) electrons. The van der Waals surface area contributed by atoms with Crippen molar-refractivity contribution in [2.24, 2.45) is 13.0 Å². The Bertz CT molecular complexity index is 681. The Morgan fingerprint density at radius 2 is 2.43 bits per heavy atom. The van der Waals surface area contributed by atoms with Crippen LogP contribution in [0.25, 0.3) is 0 Å². The first-order valence-corrected chi connectivity index (χ1v) is 8.67. The molecule has 6 nitrogen and oxygen atoms in total. The van der Waals surface area contributed by atoms with E-state index in [9.17, 15) is 4.79 Å². The van der Waals surface area contributed by atoms with Crippen LogP contribution in [0.3, 0.4) is 0 Å². The first kappa shape index (κ1) is 16.1. The third-order valence-electron chi connectivity index (χ3n) is 4.22. The molecule has 0 aliphatic carbocycles. The summed E-state index contributed by atoms with van der Waals surface area (Å²) in [5, 5.41) is 8.29. The van der Waals surface area contributed by atoms with E-state index in [0.717, 1.165) is 17.1 Å². The minimum atomic E-state index is -0.208. The highest BCUT2D eigenvalue weighted by Crippen LogP contribution is 2.34. The summed E-state index contributed by atoms with van der Waals surface area (Å²) in [5.74, 6) is 0.111. The molecule has 3 atom stereocenters. The maximum Gasteiger partial charge on any atom is 0.226 e. The fourth-order valence-electron chi connectivity index (χ4n) is 2.88. The maximum atomic E-state index is 12.6. The Balaban J connectivity index is 1.60. The van der Waals surface area contributed by atoms with Crippen molar-refractivity contribution in [3.63, 3.8) is 0 Å². The smallest absolute Gasteiger partial charge is 0.226 e. The van der Waals surface area contributed by atoms with Gasteiger partial charge in [-0.1, -0.05) is 6.92 Å². The van der Waals surface area contributed by atoms with Gasteiger partial charge in [0.2, 0.25) is 5.91 Å². The molecule has 0 bridgehead atoms. The predicted molar refractivity (Wildman–Crippen MR) is 88.3 cm³/mol. The van der Waals surface area contributed by atoms with E-state index in [-0.39, 0.29) is 23.8 Å². The monoisotopic (exact) mass is 334 g/mol. The van der Waals surface area contributed by atoms with Crippen LogP contribution in [0.1, 0.15) is 40.9 Å². The number of ether oxygens (including phenoxy) is 1. The number of hydrogen-bond acceptors (Lipinski definition) is 5. The van der Waals surface area contributed by atoms with Crippen molar-refractivity contribution in [3.05, 3.63) is 34.0 Å². The van der Waals surface area contributed by atoms with Crippen molar-refractivity contribution in [2.45, 2.75) is 32.3 Å². The normalized spacial score (nSPS) is 22.2. The van der Waals surface area contributed by atoms with Gasteiger partial charge in [0.1, 0.15) is 6.10 Å². The van der Waals surface area contributed by atoms with E-state index in [1.807, 2.05) is 26.2 Å². The Hall–Kier alpha value is -1.73. The van der Waals surface area contributed by atoms with Gasteiger partial charge < -0.3 is 10.1 Å². The molecule has 3 rings (SSSR count). The molecular formula is C16H22N4O2S. The highest BCUT2D eigenvalue weighted by Gasteiger charge is 2.36. The number of aromatic nitrogens is 3. The summed E-state index contributed by atoms with van der Waals surface area (Å²) in [4.78, 5) is 18.1. The average Bonchev–Trinajstić information content (AvgIpc) is 3.24. The van der Waals surface area contributed by atoms with Gasteiger partial charge in [-0.3, -0.25) is 9.48 Å². The molecule has 3 heterocycles. The molecule has 124 valence electrons. The number of carbonyl (C=O) groups is 1. The van der Waals surface area contributed by atoms with Crippen molar-refractivity contribution in [2.75, 3.05) is 13.2 Å². The third kappa shape index (κ3) is 3.45. The van der Waals surface area contributed by atoms with Gasteiger partial charge in [-0.25, -0.2) is 4.98 Å². The molecule has 0 saturated carbocycles. The zero-order valence-corrected chi connectivity index (χ0v) is 14.5. The van der Waals surface area contributed by atoms with E-state index >= 15 is 0 Å². The van der Waals surface area contributed by atoms with Crippen LogP contribution in [0.4, 0.5) is 0 Å². The summed E-state index contributed by atoms with van der Waals surface area (Å²) in [7, 11) is 1.87. The lowest BCUT2D eigenvalue weighted by Gasteiger charge is -2.19. The number of nitrogens with zero attached hydrogens (tertiary/aromatic N) is 3. The Morgan fingerprint density at radius 1 is 1.61 bits per heavy atom. The van der Waals surface area contributed by atoms with Crippen molar-refractivity contribution in [3.8, 4) is 0 Å². The van der Waals surface area contributed by atoms with E-state index in [0.29, 0.717) is 13.2 Å². The fourth-order valence-corrected chi connectivity index (χ4v) is 3.71. The molecule has 1 saturated heterocycles. The lowest BCUT2D eigenvalue weighted by molar-refractivity contribution is -0.126. The molecule has 2 aromatic rings. The standard InChI is InChI=1S/C16H22N4O2S/c1-10(16-18-9-11(2)23-16)8-17-15(21)12-5-7-22-14(12)13-4-6-19-20(13)3/h4,6,9-10,12,14H,5,7-8H2,1-3H3,(H,17,21)/t10-,12+,14+/m0/s1. The quantitative estimate of drug-likeness (QED) is 0.910. The summed E-state index contributed by atoms with van der Waals surface area (Å²) in [6.45, 7) is 5.33. The van der Waals surface area contributed by atoms with E-state index in [1.54, 1.807) is 22.2 Å². The van der Waals surface area contributed by atoms with Crippen LogP contribution in [-0.4, -0.2) is 33.8 Å². The highest BCUT2D eigenvalue weighted by atomic mass is 32.1. The van der Waals surface area contributed by atoms with E-state index in [4.69, 9.17) is 4.74 Å². The van der Waals surface area contributed by atoms with E-state index in [1.165, 1.54) is 4.88 Å². The molecule has 0 unspecified atom stereocenters. The first-order chi connectivity index (χ1) is 11.1. The minimum Gasteiger partial charge on any atom is -0.371 e. The van der Waals surface area contributed by atoms with Crippen molar-refractivity contribution in [1.29, 1.82) is 0 Å². The van der Waals surface area contributed by atoms with Gasteiger partial charge in [0.15, 0.2) is 0 Å². The molecule has 1 amide bonds. The van der Waals surface area contributed by atoms with Crippen LogP contribution in [0.5, 0.6) is 0 Å². The van der Waals surface area contributed by atoms with Crippen molar-refractivity contribution in [1.82, 2.24) is 20.1 Å². The Kier molecular flexibility index (Phi) is 4.77. The molecule has 23 heavy (non-hydrogen) atoms. The number of rotatable bonds is 5. The Morgan fingerprint density at radius 3 is 3.09 bits per heavy atom. The SMILES string of the molecule is Cc1cnc([C@@H](C)CNC(=O)[C@@H]2CCO[C@H]2c2ccnn2C)s1. The van der Waals surface area contributed by atoms with Crippen LogP contribution in [-0.2, 0) is 16.6 Å². The molecule has 2 aromatic heterocycles. The zero-order valence-electron chi connectivity index (χ0n) is 13.7.